The third-order valence-corrected chi connectivity index (χ3v) is 7.93. The molecule has 4 aliphatic rings. The molecule has 6 rings (SSSR count). The molecule has 1 heterocycles. The molecule has 0 aliphatic heterocycles. The van der Waals surface area contributed by atoms with E-state index in [-0.39, 0.29) is 0 Å². The van der Waals surface area contributed by atoms with E-state index in [9.17, 15) is 0 Å². The first-order valence-corrected chi connectivity index (χ1v) is 11.2. The van der Waals surface area contributed by atoms with E-state index < -0.39 is 0 Å². The van der Waals surface area contributed by atoms with Crippen molar-refractivity contribution in [3.05, 3.63) is 45.6 Å². The zero-order valence-corrected chi connectivity index (χ0v) is 18.4. The highest BCUT2D eigenvalue weighted by atomic mass is 79.9. The number of furan rings is 1. The Labute approximate surface area is 175 Å². The highest BCUT2D eigenvalue weighted by molar-refractivity contribution is 9.10. The van der Waals surface area contributed by atoms with Gasteiger partial charge in [-0.2, -0.15) is 0 Å². The van der Waals surface area contributed by atoms with Crippen LogP contribution in [0, 0.1) is 16.7 Å². The molecule has 1 aromatic carbocycles. The molecule has 4 atom stereocenters. The van der Waals surface area contributed by atoms with Gasteiger partial charge in [0.15, 0.2) is 0 Å². The smallest absolute Gasteiger partial charge is 0.135 e. The van der Waals surface area contributed by atoms with Gasteiger partial charge >= 0.3 is 0 Å². The van der Waals surface area contributed by atoms with E-state index >= 15 is 0 Å². The quantitative estimate of drug-likeness (QED) is 0.535. The molecule has 4 heteroatoms. The molecule has 27 heavy (non-hydrogen) atoms. The van der Waals surface area contributed by atoms with Gasteiger partial charge in [0.05, 0.1) is 11.6 Å². The van der Waals surface area contributed by atoms with Gasteiger partial charge in [-0.1, -0.05) is 41.4 Å². The highest BCUT2D eigenvalue weighted by Crippen LogP contribution is 2.66. The minimum Gasteiger partial charge on any atom is -0.460 e. The van der Waals surface area contributed by atoms with Crippen molar-refractivity contribution in [2.45, 2.75) is 64.5 Å². The zero-order valence-electron chi connectivity index (χ0n) is 16.1. The van der Waals surface area contributed by atoms with Crippen molar-refractivity contribution in [3.63, 3.8) is 0 Å². The average Bonchev–Trinajstić information content (AvgIpc) is 2.98. The molecule has 144 valence electrons. The van der Waals surface area contributed by atoms with Crippen molar-refractivity contribution in [2.24, 2.45) is 16.7 Å². The fraction of sp³-hybridized carbons (Fsp3) is 0.565. The summed E-state index contributed by atoms with van der Waals surface area (Å²) in [6, 6.07) is 10.0. The Morgan fingerprint density at radius 2 is 1.81 bits per heavy atom. The lowest BCUT2D eigenvalue weighted by atomic mass is 9.43. The van der Waals surface area contributed by atoms with Crippen molar-refractivity contribution in [1.82, 2.24) is 5.32 Å². The molecule has 4 fully saturated rings. The van der Waals surface area contributed by atoms with E-state index in [2.05, 4.69) is 41.2 Å². The lowest BCUT2D eigenvalue weighted by Crippen LogP contribution is -2.63. The molecule has 0 radical (unpaired) electrons. The number of benzene rings is 1. The lowest BCUT2D eigenvalue weighted by Gasteiger charge is -2.65. The van der Waals surface area contributed by atoms with Crippen LogP contribution in [0.4, 0.5) is 0 Å². The third-order valence-electron chi connectivity index (χ3n) is 7.12. The lowest BCUT2D eigenvalue weighted by molar-refractivity contribution is -0.118. The molecule has 4 bridgehead atoms. The van der Waals surface area contributed by atoms with E-state index in [1.165, 1.54) is 38.5 Å². The largest absolute Gasteiger partial charge is 0.460 e. The van der Waals surface area contributed by atoms with Crippen LogP contribution in [0.25, 0.3) is 11.3 Å². The van der Waals surface area contributed by atoms with Crippen molar-refractivity contribution < 1.29 is 4.42 Å². The SMILES string of the molecule is C[C@]12CC3CC(NCc4ccc(-c5ccc(Br)cc5Cl)o4)(C1)C[C@@](C)(C3)C2. The van der Waals surface area contributed by atoms with Gasteiger partial charge in [-0.15, -0.1) is 0 Å². The number of hydrogen-bond acceptors (Lipinski definition) is 2. The van der Waals surface area contributed by atoms with Gasteiger partial charge in [-0.25, -0.2) is 0 Å². The summed E-state index contributed by atoms with van der Waals surface area (Å²) in [7, 11) is 0. The summed E-state index contributed by atoms with van der Waals surface area (Å²) in [6.07, 6.45) is 8.24. The van der Waals surface area contributed by atoms with Crippen LogP contribution in [-0.2, 0) is 6.54 Å². The highest BCUT2D eigenvalue weighted by Gasteiger charge is 2.59. The van der Waals surface area contributed by atoms with E-state index in [0.717, 1.165) is 34.0 Å². The second kappa shape index (κ2) is 6.11. The summed E-state index contributed by atoms with van der Waals surface area (Å²) < 4.78 is 7.12. The molecular formula is C23H27BrClNO. The standard InChI is InChI=1S/C23H27BrClNO/c1-21-8-15-9-22(2,12-21)14-23(10-15,13-21)26-11-17-4-6-20(27-17)18-5-3-16(24)7-19(18)25/h3-7,15,26H,8-14H2,1-2H3/t15?,21-,22+,23?. The summed E-state index contributed by atoms with van der Waals surface area (Å²) >= 11 is 9.85. The molecule has 2 nitrogen and oxygen atoms in total. The van der Waals surface area contributed by atoms with E-state index in [1.54, 1.807) is 0 Å². The second-order valence-corrected chi connectivity index (χ2v) is 11.5. The van der Waals surface area contributed by atoms with Crippen LogP contribution in [0.15, 0.2) is 39.2 Å². The summed E-state index contributed by atoms with van der Waals surface area (Å²) in [5.74, 6) is 2.74. The predicted molar refractivity (Wildman–Crippen MR) is 114 cm³/mol. The Bertz CT molecular complexity index is 872. The van der Waals surface area contributed by atoms with Gasteiger partial charge in [-0.3, -0.25) is 0 Å². The van der Waals surface area contributed by atoms with Gasteiger partial charge in [0.2, 0.25) is 0 Å². The van der Waals surface area contributed by atoms with Gasteiger partial charge in [0.25, 0.3) is 0 Å². The van der Waals surface area contributed by atoms with Crippen molar-refractivity contribution in [2.75, 3.05) is 0 Å². The Morgan fingerprint density at radius 3 is 2.48 bits per heavy atom. The normalized spacial score (nSPS) is 37.1. The molecule has 2 unspecified atom stereocenters. The summed E-state index contributed by atoms with van der Waals surface area (Å²) in [6.45, 7) is 5.84. The first kappa shape index (κ1) is 18.3. The molecule has 0 spiro atoms. The van der Waals surface area contributed by atoms with Crippen LogP contribution in [0.1, 0.15) is 58.1 Å². The third kappa shape index (κ3) is 3.30. The fourth-order valence-electron chi connectivity index (χ4n) is 7.23. The molecule has 0 saturated heterocycles. The van der Waals surface area contributed by atoms with E-state index in [1.807, 2.05) is 24.3 Å². The minimum atomic E-state index is 0.297. The molecule has 1 aromatic heterocycles. The monoisotopic (exact) mass is 447 g/mol. The van der Waals surface area contributed by atoms with Crippen molar-refractivity contribution in [3.8, 4) is 11.3 Å². The average molecular weight is 449 g/mol. The molecule has 0 amide bonds. The fourth-order valence-corrected chi connectivity index (χ4v) is 7.99. The number of nitrogens with one attached hydrogen (secondary N) is 1. The van der Waals surface area contributed by atoms with Crippen LogP contribution in [-0.4, -0.2) is 5.54 Å². The Balaban J connectivity index is 1.33. The maximum Gasteiger partial charge on any atom is 0.135 e. The first-order valence-electron chi connectivity index (χ1n) is 10.0. The molecule has 2 aromatic rings. The van der Waals surface area contributed by atoms with Gasteiger partial charge in [-0.05, 0) is 85.6 Å². The first-order chi connectivity index (χ1) is 12.8. The molecule has 4 aliphatic carbocycles. The Morgan fingerprint density at radius 1 is 1.07 bits per heavy atom. The number of halogens is 2. The topological polar surface area (TPSA) is 25.2 Å². The van der Waals surface area contributed by atoms with Crippen molar-refractivity contribution in [1.29, 1.82) is 0 Å². The van der Waals surface area contributed by atoms with E-state index in [0.29, 0.717) is 21.4 Å². The van der Waals surface area contributed by atoms with E-state index in [4.69, 9.17) is 16.0 Å². The maximum absolute atomic E-state index is 6.39. The Hall–Kier alpha value is -0.770. The second-order valence-electron chi connectivity index (χ2n) is 10.2. The van der Waals surface area contributed by atoms with Crippen LogP contribution < -0.4 is 5.32 Å². The number of hydrogen-bond donors (Lipinski definition) is 1. The van der Waals surface area contributed by atoms with Gasteiger partial charge in [0, 0.05) is 15.6 Å². The summed E-state index contributed by atoms with van der Waals surface area (Å²) in [5, 5.41) is 4.66. The van der Waals surface area contributed by atoms with Crippen LogP contribution in [0.2, 0.25) is 5.02 Å². The van der Waals surface area contributed by atoms with Gasteiger partial charge < -0.3 is 9.73 Å². The minimum absolute atomic E-state index is 0.297. The van der Waals surface area contributed by atoms with Crippen LogP contribution >= 0.6 is 27.5 Å². The summed E-state index contributed by atoms with van der Waals surface area (Å²) in [4.78, 5) is 0. The zero-order chi connectivity index (χ0) is 18.9. The number of rotatable bonds is 4. The molecular weight excluding hydrogens is 422 g/mol. The maximum atomic E-state index is 6.39. The molecule has 1 N–H and O–H groups in total. The van der Waals surface area contributed by atoms with Crippen LogP contribution in [0.5, 0.6) is 0 Å². The molecule has 4 saturated carbocycles. The Kier molecular flexibility index (Phi) is 4.14. The van der Waals surface area contributed by atoms with Gasteiger partial charge in [0.1, 0.15) is 11.5 Å². The van der Waals surface area contributed by atoms with Crippen molar-refractivity contribution >= 4 is 27.5 Å². The summed E-state index contributed by atoms with van der Waals surface area (Å²) in [5.41, 5.74) is 2.30. The van der Waals surface area contributed by atoms with Crippen LogP contribution in [0.3, 0.4) is 0 Å². The predicted octanol–water partition coefficient (Wildman–Crippen LogP) is 7.20.